The largest absolute Gasteiger partial charge is 0.480 e. The smallest absolute Gasteiger partial charge is 0.329 e. The Bertz CT molecular complexity index is 798. The van der Waals surface area contributed by atoms with E-state index in [-0.39, 0.29) is 17.6 Å². The molecule has 0 unspecified atom stereocenters. The molecular formula is C22H25NO5. The number of nitrogens with zero attached hydrogens (tertiary/aromatic N) is 1. The Morgan fingerprint density at radius 3 is 2.68 bits per heavy atom. The molecule has 1 N–H and O–H groups in total. The summed E-state index contributed by atoms with van der Waals surface area (Å²) in [5.74, 6) is 0.439. The summed E-state index contributed by atoms with van der Waals surface area (Å²) in [6.07, 6.45) is 6.51. The zero-order chi connectivity index (χ0) is 19.5. The van der Waals surface area contributed by atoms with Crippen LogP contribution in [0.15, 0.2) is 48.7 Å². The van der Waals surface area contributed by atoms with Crippen molar-refractivity contribution in [3.05, 3.63) is 54.2 Å². The molecule has 1 saturated carbocycles. The molecule has 2 saturated heterocycles. The van der Waals surface area contributed by atoms with Crippen LogP contribution in [0.25, 0.3) is 0 Å². The van der Waals surface area contributed by atoms with Gasteiger partial charge in [-0.1, -0.05) is 18.2 Å². The summed E-state index contributed by atoms with van der Waals surface area (Å²) in [6.45, 7) is 0.856. The zero-order valence-corrected chi connectivity index (χ0v) is 15.8. The van der Waals surface area contributed by atoms with Gasteiger partial charge in [-0.15, -0.1) is 0 Å². The second-order valence-corrected chi connectivity index (χ2v) is 7.75. The Morgan fingerprint density at radius 2 is 2.00 bits per heavy atom. The minimum absolute atomic E-state index is 0.0210. The Balaban J connectivity index is 1.40. The fourth-order valence-corrected chi connectivity index (χ4v) is 4.29. The van der Waals surface area contributed by atoms with Crippen molar-refractivity contribution in [1.29, 1.82) is 0 Å². The molecule has 6 nitrogen and oxygen atoms in total. The van der Waals surface area contributed by atoms with E-state index in [2.05, 4.69) is 17.1 Å². The first-order valence-corrected chi connectivity index (χ1v) is 9.72. The predicted molar refractivity (Wildman–Crippen MR) is 103 cm³/mol. The van der Waals surface area contributed by atoms with Gasteiger partial charge in [-0.2, -0.15) is 0 Å². The lowest BCUT2D eigenvalue weighted by Gasteiger charge is -2.53. The van der Waals surface area contributed by atoms with Crippen LogP contribution < -0.4 is 4.74 Å². The highest BCUT2D eigenvalue weighted by Crippen LogP contribution is 2.51. The molecule has 0 spiro atoms. The molecule has 0 atom stereocenters. The Kier molecular flexibility index (Phi) is 5.33. The summed E-state index contributed by atoms with van der Waals surface area (Å²) in [5, 5.41) is 8.68. The molecule has 2 aliphatic heterocycles. The predicted octanol–water partition coefficient (Wildman–Crippen LogP) is 3.95. The second kappa shape index (κ2) is 7.89. The van der Waals surface area contributed by atoms with Crippen molar-refractivity contribution in [2.75, 3.05) is 19.8 Å². The highest BCUT2D eigenvalue weighted by Gasteiger charge is 2.50. The van der Waals surface area contributed by atoms with Gasteiger partial charge in [-0.05, 0) is 55.9 Å². The molecule has 6 heteroatoms. The molecular weight excluding hydrogens is 358 g/mol. The van der Waals surface area contributed by atoms with Crippen molar-refractivity contribution in [2.45, 2.75) is 43.1 Å². The van der Waals surface area contributed by atoms with Crippen LogP contribution in [-0.2, 0) is 19.7 Å². The fourth-order valence-electron chi connectivity index (χ4n) is 4.29. The highest BCUT2D eigenvalue weighted by molar-refractivity contribution is 5.67. The lowest BCUT2D eigenvalue weighted by atomic mass is 9.62. The summed E-state index contributed by atoms with van der Waals surface area (Å²) in [5.41, 5.74) is 1.10. The summed E-state index contributed by atoms with van der Waals surface area (Å²) in [4.78, 5) is 14.8. The van der Waals surface area contributed by atoms with Gasteiger partial charge in [-0.25, -0.2) is 9.78 Å². The SMILES string of the molecule is O=C(O)COCCC12CCC(c3cccc(Oc4ccccn4)c3)(CC1)CO2. The van der Waals surface area contributed by atoms with Crippen molar-refractivity contribution < 1.29 is 24.1 Å². The molecule has 1 aromatic heterocycles. The summed E-state index contributed by atoms with van der Waals surface area (Å²) in [6, 6.07) is 13.8. The number of benzene rings is 1. The Morgan fingerprint density at radius 1 is 1.14 bits per heavy atom. The monoisotopic (exact) mass is 383 g/mol. The van der Waals surface area contributed by atoms with Crippen molar-refractivity contribution in [3.63, 3.8) is 0 Å². The number of aromatic nitrogens is 1. The standard InChI is InChI=1S/C22H25NO5/c24-20(25)15-26-13-11-22-9-7-21(8-10-22,16-27-22)17-4-3-5-18(14-17)28-19-6-1-2-12-23-19/h1-6,12,14H,7-11,13,15-16H2,(H,24,25). The van der Waals surface area contributed by atoms with Crippen LogP contribution in [0, 0.1) is 0 Å². The first-order valence-electron chi connectivity index (χ1n) is 9.72. The number of aliphatic carboxylic acids is 1. The van der Waals surface area contributed by atoms with Gasteiger partial charge in [0.2, 0.25) is 5.88 Å². The van der Waals surface area contributed by atoms with Crippen molar-refractivity contribution >= 4 is 5.97 Å². The van der Waals surface area contributed by atoms with Gasteiger partial charge in [0.25, 0.3) is 0 Å². The van der Waals surface area contributed by atoms with Crippen LogP contribution in [0.5, 0.6) is 11.6 Å². The number of carboxylic acid groups (broad SMARTS) is 1. The molecule has 0 radical (unpaired) electrons. The number of rotatable bonds is 8. The van der Waals surface area contributed by atoms with E-state index in [1.165, 1.54) is 5.56 Å². The van der Waals surface area contributed by atoms with Gasteiger partial charge in [0.05, 0.1) is 18.8 Å². The Hall–Kier alpha value is -2.44. The quantitative estimate of drug-likeness (QED) is 0.696. The van der Waals surface area contributed by atoms with Gasteiger partial charge in [-0.3, -0.25) is 0 Å². The molecule has 148 valence electrons. The number of fused-ring (bicyclic) bond motifs is 3. The maximum atomic E-state index is 10.6. The maximum absolute atomic E-state index is 10.6. The Labute approximate surface area is 164 Å². The minimum Gasteiger partial charge on any atom is -0.480 e. The number of hydrogen-bond acceptors (Lipinski definition) is 5. The number of carboxylic acids is 1. The second-order valence-electron chi connectivity index (χ2n) is 7.75. The van der Waals surface area contributed by atoms with Gasteiger partial charge in [0.15, 0.2) is 0 Å². The normalized spacial score (nSPS) is 26.1. The molecule has 1 aliphatic carbocycles. The first-order chi connectivity index (χ1) is 13.6. The van der Waals surface area contributed by atoms with Crippen molar-refractivity contribution in [3.8, 4) is 11.6 Å². The molecule has 3 heterocycles. The van der Waals surface area contributed by atoms with Crippen LogP contribution in [0.2, 0.25) is 0 Å². The molecule has 2 aromatic rings. The fraction of sp³-hybridized carbons (Fsp3) is 0.455. The molecule has 28 heavy (non-hydrogen) atoms. The molecule has 3 fully saturated rings. The average molecular weight is 383 g/mol. The van der Waals surface area contributed by atoms with E-state index in [0.717, 1.165) is 37.9 Å². The zero-order valence-electron chi connectivity index (χ0n) is 15.8. The first kappa shape index (κ1) is 18.9. The molecule has 1 aromatic carbocycles. The number of hydrogen-bond donors (Lipinski definition) is 1. The third-order valence-corrected chi connectivity index (χ3v) is 6.01. The van der Waals surface area contributed by atoms with E-state index in [1.807, 2.05) is 30.3 Å². The van der Waals surface area contributed by atoms with E-state index < -0.39 is 5.97 Å². The van der Waals surface area contributed by atoms with E-state index in [1.54, 1.807) is 6.20 Å². The van der Waals surface area contributed by atoms with Gasteiger partial charge in [0, 0.05) is 17.7 Å². The van der Waals surface area contributed by atoms with E-state index in [0.29, 0.717) is 19.1 Å². The summed E-state index contributed by atoms with van der Waals surface area (Å²) < 4.78 is 17.4. The van der Waals surface area contributed by atoms with Crippen molar-refractivity contribution in [2.24, 2.45) is 0 Å². The van der Waals surface area contributed by atoms with Crippen molar-refractivity contribution in [1.82, 2.24) is 4.98 Å². The van der Waals surface area contributed by atoms with Crippen LogP contribution in [0.4, 0.5) is 0 Å². The lowest BCUT2D eigenvalue weighted by molar-refractivity contribution is -0.168. The number of ether oxygens (including phenoxy) is 3. The third-order valence-electron chi connectivity index (χ3n) is 6.01. The van der Waals surface area contributed by atoms with Gasteiger partial charge in [0.1, 0.15) is 12.4 Å². The average Bonchev–Trinajstić information content (AvgIpc) is 2.74. The molecule has 0 amide bonds. The number of carbonyl (C=O) groups is 1. The third kappa shape index (κ3) is 4.03. The summed E-state index contributed by atoms with van der Waals surface area (Å²) >= 11 is 0. The number of pyridine rings is 1. The van der Waals surface area contributed by atoms with Crippen LogP contribution in [0.1, 0.15) is 37.7 Å². The van der Waals surface area contributed by atoms with E-state index in [9.17, 15) is 4.79 Å². The minimum atomic E-state index is -0.933. The summed E-state index contributed by atoms with van der Waals surface area (Å²) in [7, 11) is 0. The maximum Gasteiger partial charge on any atom is 0.329 e. The topological polar surface area (TPSA) is 77.9 Å². The van der Waals surface area contributed by atoms with E-state index in [4.69, 9.17) is 19.3 Å². The van der Waals surface area contributed by atoms with Crippen LogP contribution in [-0.4, -0.2) is 41.5 Å². The van der Waals surface area contributed by atoms with E-state index >= 15 is 0 Å². The highest BCUT2D eigenvalue weighted by atomic mass is 16.5. The molecule has 5 rings (SSSR count). The van der Waals surface area contributed by atoms with Crippen LogP contribution in [0.3, 0.4) is 0 Å². The van der Waals surface area contributed by atoms with Gasteiger partial charge >= 0.3 is 5.97 Å². The van der Waals surface area contributed by atoms with Gasteiger partial charge < -0.3 is 19.3 Å². The lowest BCUT2D eigenvalue weighted by Crippen LogP contribution is -2.53. The molecule has 3 aliphatic rings. The molecule has 2 bridgehead atoms. The van der Waals surface area contributed by atoms with Crippen LogP contribution >= 0.6 is 0 Å².